The second-order valence-electron chi connectivity index (χ2n) is 5.44. The van der Waals surface area contributed by atoms with Gasteiger partial charge in [0.2, 0.25) is 0 Å². The van der Waals surface area contributed by atoms with Crippen LogP contribution in [0.5, 0.6) is 0 Å². The first-order valence-electron chi connectivity index (χ1n) is 6.90. The number of benzene rings is 2. The lowest BCUT2D eigenvalue weighted by molar-refractivity contribution is 0.591. The molecule has 0 aromatic heterocycles. The summed E-state index contributed by atoms with van der Waals surface area (Å²) < 4.78 is 25.6. The molecule has 1 aliphatic carbocycles. The molecule has 1 saturated carbocycles. The van der Waals surface area contributed by atoms with E-state index in [1.54, 1.807) is 30.3 Å². The van der Waals surface area contributed by atoms with E-state index in [9.17, 15) is 8.42 Å². The highest BCUT2D eigenvalue weighted by Crippen LogP contribution is 2.53. The van der Waals surface area contributed by atoms with Crippen LogP contribution in [-0.4, -0.2) is 20.2 Å². The van der Waals surface area contributed by atoms with E-state index < -0.39 is 15.1 Å². The predicted molar refractivity (Wildman–Crippen MR) is 89.2 cm³/mol. The summed E-state index contributed by atoms with van der Waals surface area (Å²) in [4.78, 5) is 0.282. The van der Waals surface area contributed by atoms with Crippen molar-refractivity contribution in [3.05, 3.63) is 64.1 Å². The van der Waals surface area contributed by atoms with E-state index >= 15 is 0 Å². The van der Waals surface area contributed by atoms with E-state index in [-0.39, 0.29) is 16.7 Å². The first-order valence-corrected chi connectivity index (χ1v) is 9.20. The molecule has 0 radical (unpaired) electrons. The fraction of sp³-hybridized carbons (Fsp3) is 0.250. The third kappa shape index (κ3) is 2.76. The van der Waals surface area contributed by atoms with E-state index in [1.807, 2.05) is 18.2 Å². The zero-order valence-electron chi connectivity index (χ0n) is 11.6. The summed E-state index contributed by atoms with van der Waals surface area (Å²) in [6, 6.07) is 13.6. The van der Waals surface area contributed by atoms with Gasteiger partial charge in [-0.3, -0.25) is 0 Å². The van der Waals surface area contributed by atoms with Crippen LogP contribution in [0.2, 0.25) is 10.0 Å². The van der Waals surface area contributed by atoms with E-state index in [0.29, 0.717) is 16.6 Å². The Morgan fingerprint density at radius 2 is 1.68 bits per heavy atom. The highest BCUT2D eigenvalue weighted by atomic mass is 35.5. The van der Waals surface area contributed by atoms with Gasteiger partial charge in [0.15, 0.2) is 9.84 Å². The van der Waals surface area contributed by atoms with Gasteiger partial charge in [-0.05, 0) is 54.4 Å². The minimum absolute atomic E-state index is 0.0841. The Kier molecular flexibility index (Phi) is 4.21. The Balaban J connectivity index is 1.95. The van der Waals surface area contributed by atoms with Gasteiger partial charge in [0.05, 0.1) is 10.1 Å². The molecule has 0 unspecified atom stereocenters. The molecular weight excluding hydrogens is 341 g/mol. The van der Waals surface area contributed by atoms with E-state index in [1.165, 1.54) is 0 Å². The van der Waals surface area contributed by atoms with Gasteiger partial charge >= 0.3 is 0 Å². The van der Waals surface area contributed by atoms with Gasteiger partial charge in [-0.1, -0.05) is 35.3 Å². The molecule has 116 valence electrons. The molecule has 2 aromatic carbocycles. The van der Waals surface area contributed by atoms with E-state index in [2.05, 4.69) is 0 Å². The van der Waals surface area contributed by atoms with Crippen molar-refractivity contribution in [3.8, 4) is 0 Å². The Morgan fingerprint density at radius 3 is 2.27 bits per heavy atom. The molecule has 2 aromatic rings. The van der Waals surface area contributed by atoms with Gasteiger partial charge in [-0.25, -0.2) is 8.42 Å². The molecule has 3 nitrogen and oxygen atoms in total. The molecule has 2 N–H and O–H groups in total. The molecule has 1 fully saturated rings. The smallest absolute Gasteiger partial charge is 0.182 e. The molecule has 0 saturated heterocycles. The van der Waals surface area contributed by atoms with Gasteiger partial charge in [-0.15, -0.1) is 0 Å². The van der Waals surface area contributed by atoms with Crippen molar-refractivity contribution in [3.63, 3.8) is 0 Å². The van der Waals surface area contributed by atoms with Gasteiger partial charge < -0.3 is 5.73 Å². The molecule has 0 heterocycles. The van der Waals surface area contributed by atoms with Crippen LogP contribution < -0.4 is 5.73 Å². The standard InChI is InChI=1S/C16H15Cl2NO2S/c17-11-4-6-13(7-5-11)22(20,21)16-14(9-19)15(16)10-2-1-3-12(18)8-10/h1-8,14-16H,9,19H2/t14-,15-,16-/m1/s1. The average molecular weight is 356 g/mol. The van der Waals surface area contributed by atoms with Crippen LogP contribution in [0.1, 0.15) is 11.5 Å². The van der Waals surface area contributed by atoms with Crippen LogP contribution in [0.4, 0.5) is 0 Å². The average Bonchev–Trinajstić information content (AvgIpc) is 3.23. The van der Waals surface area contributed by atoms with Gasteiger partial charge in [0, 0.05) is 16.0 Å². The second kappa shape index (κ2) is 5.85. The minimum Gasteiger partial charge on any atom is -0.330 e. The summed E-state index contributed by atoms with van der Waals surface area (Å²) in [7, 11) is -3.44. The molecule has 0 bridgehead atoms. The normalized spacial score (nSPS) is 24.2. The first kappa shape index (κ1) is 15.8. The third-order valence-corrected chi connectivity index (χ3v) is 6.88. The summed E-state index contributed by atoms with van der Waals surface area (Å²) in [6.07, 6.45) is 0. The number of sulfone groups is 1. The minimum atomic E-state index is -3.44. The lowest BCUT2D eigenvalue weighted by Gasteiger charge is -2.05. The largest absolute Gasteiger partial charge is 0.330 e. The summed E-state index contributed by atoms with van der Waals surface area (Å²) in [5.74, 6) is -0.191. The fourth-order valence-corrected chi connectivity index (χ4v) is 5.53. The quantitative estimate of drug-likeness (QED) is 0.912. The monoisotopic (exact) mass is 355 g/mol. The Labute approximate surface area is 140 Å². The SMILES string of the molecule is NC[C@@H]1[C@@H](c2cccc(Cl)c2)[C@@H]1S(=O)(=O)c1ccc(Cl)cc1. The van der Waals surface area contributed by atoms with Crippen LogP contribution in [0.15, 0.2) is 53.4 Å². The van der Waals surface area contributed by atoms with Crippen molar-refractivity contribution in [2.24, 2.45) is 11.7 Å². The molecular formula is C16H15Cl2NO2S. The van der Waals surface area contributed by atoms with Crippen LogP contribution in [-0.2, 0) is 9.84 Å². The van der Waals surface area contributed by atoms with Crippen LogP contribution in [0.25, 0.3) is 0 Å². The number of nitrogens with two attached hydrogens (primary N) is 1. The molecule has 22 heavy (non-hydrogen) atoms. The van der Waals surface area contributed by atoms with Crippen molar-refractivity contribution in [2.45, 2.75) is 16.1 Å². The number of hydrogen-bond donors (Lipinski definition) is 1. The Hall–Kier alpha value is -1.07. The van der Waals surface area contributed by atoms with Gasteiger partial charge in [0.25, 0.3) is 0 Å². The van der Waals surface area contributed by atoms with Gasteiger partial charge in [0.1, 0.15) is 0 Å². The maximum absolute atomic E-state index is 12.8. The van der Waals surface area contributed by atoms with Crippen LogP contribution in [0.3, 0.4) is 0 Å². The second-order valence-corrected chi connectivity index (χ2v) is 8.42. The molecule has 1 aliphatic rings. The maximum Gasteiger partial charge on any atom is 0.182 e. The predicted octanol–water partition coefficient (Wildman–Crippen LogP) is 3.51. The summed E-state index contributed by atoms with van der Waals surface area (Å²) >= 11 is 11.8. The maximum atomic E-state index is 12.8. The number of rotatable bonds is 4. The first-order chi connectivity index (χ1) is 10.4. The molecule has 3 rings (SSSR count). The van der Waals surface area contributed by atoms with E-state index in [4.69, 9.17) is 28.9 Å². The van der Waals surface area contributed by atoms with Crippen LogP contribution >= 0.6 is 23.2 Å². The topological polar surface area (TPSA) is 60.2 Å². The lowest BCUT2D eigenvalue weighted by Crippen LogP contribution is -2.13. The Morgan fingerprint density at radius 1 is 1.00 bits per heavy atom. The summed E-state index contributed by atoms with van der Waals surface area (Å²) in [5.41, 5.74) is 6.69. The van der Waals surface area contributed by atoms with Crippen molar-refractivity contribution in [2.75, 3.05) is 6.54 Å². The van der Waals surface area contributed by atoms with Gasteiger partial charge in [-0.2, -0.15) is 0 Å². The highest BCUT2D eigenvalue weighted by Gasteiger charge is 2.58. The fourth-order valence-electron chi connectivity index (χ4n) is 2.98. The van der Waals surface area contributed by atoms with E-state index in [0.717, 1.165) is 5.56 Å². The molecule has 0 spiro atoms. The molecule has 3 atom stereocenters. The molecule has 6 heteroatoms. The zero-order valence-corrected chi connectivity index (χ0v) is 13.9. The van der Waals surface area contributed by atoms with Crippen molar-refractivity contribution >= 4 is 33.0 Å². The van der Waals surface area contributed by atoms with Crippen molar-refractivity contribution in [1.29, 1.82) is 0 Å². The molecule has 0 amide bonds. The zero-order chi connectivity index (χ0) is 15.9. The summed E-state index contributed by atoms with van der Waals surface area (Å²) in [5, 5.41) is 0.608. The van der Waals surface area contributed by atoms with Crippen LogP contribution in [0, 0.1) is 5.92 Å². The third-order valence-electron chi connectivity index (χ3n) is 4.10. The Bertz CT molecular complexity index is 790. The van der Waals surface area contributed by atoms with Crippen molar-refractivity contribution in [1.82, 2.24) is 0 Å². The lowest BCUT2D eigenvalue weighted by atomic mass is 10.1. The number of hydrogen-bond acceptors (Lipinski definition) is 3. The molecule has 0 aliphatic heterocycles. The highest BCUT2D eigenvalue weighted by molar-refractivity contribution is 7.92. The number of halogens is 2. The summed E-state index contributed by atoms with van der Waals surface area (Å²) in [6.45, 7) is 0.328. The van der Waals surface area contributed by atoms with Crippen molar-refractivity contribution < 1.29 is 8.42 Å².